The van der Waals surface area contributed by atoms with E-state index in [4.69, 9.17) is 0 Å². The summed E-state index contributed by atoms with van der Waals surface area (Å²) in [5.41, 5.74) is 1.29. The first-order chi connectivity index (χ1) is 24.7. The molecular formula is C50H100. The van der Waals surface area contributed by atoms with Gasteiger partial charge in [0.05, 0.1) is 0 Å². The van der Waals surface area contributed by atoms with Crippen molar-refractivity contribution in [1.29, 1.82) is 0 Å². The number of rotatable bonds is 40. The van der Waals surface area contributed by atoms with E-state index in [-0.39, 0.29) is 0 Å². The van der Waals surface area contributed by atoms with Gasteiger partial charge in [-0.25, -0.2) is 0 Å². The van der Waals surface area contributed by atoms with Crippen LogP contribution < -0.4 is 0 Å². The van der Waals surface area contributed by atoms with Crippen molar-refractivity contribution in [2.75, 3.05) is 0 Å². The summed E-state index contributed by atoms with van der Waals surface area (Å²) in [6, 6.07) is 0. The number of hydrogen-bond donors (Lipinski definition) is 0. The van der Waals surface area contributed by atoms with E-state index < -0.39 is 0 Å². The van der Waals surface area contributed by atoms with E-state index in [1.807, 2.05) is 0 Å². The zero-order valence-corrected chi connectivity index (χ0v) is 36.3. The van der Waals surface area contributed by atoms with Crippen LogP contribution in [0.15, 0.2) is 0 Å². The highest BCUT2D eigenvalue weighted by molar-refractivity contribution is 5.06. The maximum Gasteiger partial charge on any atom is -0.0213 e. The molecule has 1 saturated carbocycles. The molecule has 1 aliphatic rings. The van der Waals surface area contributed by atoms with Crippen LogP contribution in [0.3, 0.4) is 0 Å². The summed E-state index contributed by atoms with van der Waals surface area (Å²) in [7, 11) is 0. The summed E-state index contributed by atoms with van der Waals surface area (Å²) < 4.78 is 0. The molecule has 1 unspecified atom stereocenters. The lowest BCUT2D eigenvalue weighted by Gasteiger charge is -2.51. The summed E-state index contributed by atoms with van der Waals surface area (Å²) in [5, 5.41) is 0. The standard InChI is InChI=1S/C50H100/c1-6-11-16-21-26-31-36-41-48-42-47-49(43-37-32-27-22-17-12-7-2,44-38-33-28-23-18-13-8-3)50(48,45-39-34-29-24-19-14-9-4)46-40-35-30-25-20-15-10-5/h48H,6-47H2,1-5H3. The third-order valence-corrected chi connectivity index (χ3v) is 13.9. The van der Waals surface area contributed by atoms with Crippen LogP contribution in [0.1, 0.15) is 304 Å². The zero-order valence-electron chi connectivity index (χ0n) is 36.3. The highest BCUT2D eigenvalue weighted by Crippen LogP contribution is 2.67. The highest BCUT2D eigenvalue weighted by Gasteiger charge is 2.57. The van der Waals surface area contributed by atoms with E-state index in [1.165, 1.54) is 225 Å². The predicted octanol–water partition coefficient (Wildman–Crippen LogP) is 19.1. The molecule has 0 spiro atoms. The molecule has 1 aliphatic carbocycles. The van der Waals surface area contributed by atoms with Crippen LogP contribution in [0, 0.1) is 16.7 Å². The SMILES string of the molecule is CCCCCCCCCC1CCC(CCCCCCCCC)(CCCCCCCCC)C1(CCCCCCCCC)CCCCCCCCC. The van der Waals surface area contributed by atoms with Crippen LogP contribution in [-0.2, 0) is 0 Å². The van der Waals surface area contributed by atoms with Gasteiger partial charge < -0.3 is 0 Å². The second-order valence-corrected chi connectivity index (χ2v) is 18.1. The Kier molecular flexibility index (Phi) is 33.4. The zero-order chi connectivity index (χ0) is 36.3. The minimum Gasteiger partial charge on any atom is -0.0654 e. The molecule has 300 valence electrons. The van der Waals surface area contributed by atoms with Crippen LogP contribution in [0.5, 0.6) is 0 Å². The Hall–Kier alpha value is 0. The Morgan fingerprint density at radius 1 is 0.300 bits per heavy atom. The third-order valence-electron chi connectivity index (χ3n) is 13.9. The maximum absolute atomic E-state index is 2.37. The van der Waals surface area contributed by atoms with Crippen LogP contribution in [-0.4, -0.2) is 0 Å². The fourth-order valence-corrected chi connectivity index (χ4v) is 10.7. The van der Waals surface area contributed by atoms with Crippen molar-refractivity contribution >= 4 is 0 Å². The van der Waals surface area contributed by atoms with Gasteiger partial charge in [-0.15, -0.1) is 0 Å². The molecule has 0 heterocycles. The molecule has 0 aliphatic heterocycles. The molecule has 0 amide bonds. The summed E-state index contributed by atoms with van der Waals surface area (Å²) in [6.45, 7) is 11.8. The molecule has 0 N–H and O–H groups in total. The summed E-state index contributed by atoms with van der Waals surface area (Å²) >= 11 is 0. The Morgan fingerprint density at radius 2 is 0.560 bits per heavy atom. The first-order valence-corrected chi connectivity index (χ1v) is 24.7. The molecular weight excluding hydrogens is 601 g/mol. The molecule has 0 heteroatoms. The fourth-order valence-electron chi connectivity index (χ4n) is 10.7. The smallest absolute Gasteiger partial charge is 0.0213 e. The van der Waals surface area contributed by atoms with Gasteiger partial charge >= 0.3 is 0 Å². The first kappa shape index (κ1) is 48.0. The van der Waals surface area contributed by atoms with Crippen molar-refractivity contribution in [3.8, 4) is 0 Å². The average Bonchev–Trinajstić information content (AvgIpc) is 3.41. The number of hydrogen-bond acceptors (Lipinski definition) is 0. The fraction of sp³-hybridized carbons (Fsp3) is 1.00. The van der Waals surface area contributed by atoms with Gasteiger partial charge in [0.15, 0.2) is 0 Å². The molecule has 0 aromatic carbocycles. The molecule has 1 rings (SSSR count). The highest BCUT2D eigenvalue weighted by atomic mass is 14.6. The lowest BCUT2D eigenvalue weighted by atomic mass is 9.53. The quantitative estimate of drug-likeness (QED) is 0.0558. The Morgan fingerprint density at radius 3 is 0.880 bits per heavy atom. The number of unbranched alkanes of at least 4 members (excludes halogenated alkanes) is 30. The van der Waals surface area contributed by atoms with E-state index in [0.29, 0.717) is 10.8 Å². The third kappa shape index (κ3) is 21.6. The average molecular weight is 701 g/mol. The maximum atomic E-state index is 2.37. The topological polar surface area (TPSA) is 0 Å². The molecule has 0 bridgehead atoms. The summed E-state index contributed by atoms with van der Waals surface area (Å²) in [6.07, 6.45) is 62.7. The first-order valence-electron chi connectivity index (χ1n) is 24.7. The van der Waals surface area contributed by atoms with Gasteiger partial charge in [0.1, 0.15) is 0 Å². The van der Waals surface area contributed by atoms with Gasteiger partial charge in [0, 0.05) is 0 Å². The molecule has 1 fully saturated rings. The Balaban J connectivity index is 3.20. The molecule has 0 nitrogen and oxygen atoms in total. The largest absolute Gasteiger partial charge is 0.0654 e. The van der Waals surface area contributed by atoms with E-state index in [0.717, 1.165) is 5.92 Å². The van der Waals surface area contributed by atoms with E-state index in [9.17, 15) is 0 Å². The van der Waals surface area contributed by atoms with Gasteiger partial charge in [0.25, 0.3) is 0 Å². The minimum absolute atomic E-state index is 0.645. The van der Waals surface area contributed by atoms with Crippen molar-refractivity contribution in [2.45, 2.75) is 304 Å². The van der Waals surface area contributed by atoms with Crippen LogP contribution in [0.4, 0.5) is 0 Å². The van der Waals surface area contributed by atoms with E-state index >= 15 is 0 Å². The monoisotopic (exact) mass is 701 g/mol. The predicted molar refractivity (Wildman–Crippen MR) is 231 cm³/mol. The minimum atomic E-state index is 0.645. The van der Waals surface area contributed by atoms with Crippen molar-refractivity contribution in [1.82, 2.24) is 0 Å². The Bertz CT molecular complexity index is 625. The van der Waals surface area contributed by atoms with Crippen LogP contribution in [0.25, 0.3) is 0 Å². The van der Waals surface area contributed by atoms with E-state index in [2.05, 4.69) is 34.6 Å². The molecule has 0 aromatic heterocycles. The van der Waals surface area contributed by atoms with Gasteiger partial charge in [-0.2, -0.15) is 0 Å². The van der Waals surface area contributed by atoms with Gasteiger partial charge in [-0.1, -0.05) is 259 Å². The molecule has 0 radical (unpaired) electrons. The van der Waals surface area contributed by atoms with Crippen LogP contribution in [0.2, 0.25) is 0 Å². The molecule has 50 heavy (non-hydrogen) atoms. The second-order valence-electron chi connectivity index (χ2n) is 18.1. The van der Waals surface area contributed by atoms with Crippen molar-refractivity contribution < 1.29 is 0 Å². The normalized spacial score (nSPS) is 16.9. The second kappa shape index (κ2) is 34.7. The van der Waals surface area contributed by atoms with Gasteiger partial charge in [0.2, 0.25) is 0 Å². The Labute approximate surface area is 320 Å². The van der Waals surface area contributed by atoms with Crippen molar-refractivity contribution in [3.63, 3.8) is 0 Å². The van der Waals surface area contributed by atoms with Crippen LogP contribution >= 0.6 is 0 Å². The molecule has 0 aromatic rings. The summed E-state index contributed by atoms with van der Waals surface area (Å²) in [5.74, 6) is 1.02. The van der Waals surface area contributed by atoms with Crippen molar-refractivity contribution in [2.24, 2.45) is 16.7 Å². The molecule has 1 atom stereocenters. The lowest BCUT2D eigenvalue weighted by molar-refractivity contribution is -0.0152. The van der Waals surface area contributed by atoms with Crippen molar-refractivity contribution in [3.05, 3.63) is 0 Å². The summed E-state index contributed by atoms with van der Waals surface area (Å²) in [4.78, 5) is 0. The van der Waals surface area contributed by atoms with Gasteiger partial charge in [-0.3, -0.25) is 0 Å². The lowest BCUT2D eigenvalue weighted by Crippen LogP contribution is -2.42. The van der Waals surface area contributed by atoms with E-state index in [1.54, 1.807) is 44.9 Å². The molecule has 0 saturated heterocycles. The van der Waals surface area contributed by atoms with Gasteiger partial charge in [-0.05, 0) is 61.7 Å².